The van der Waals surface area contributed by atoms with E-state index in [9.17, 15) is 4.79 Å². The van der Waals surface area contributed by atoms with Crippen molar-refractivity contribution in [2.24, 2.45) is 5.73 Å². The van der Waals surface area contributed by atoms with Gasteiger partial charge >= 0.3 is 0 Å². The Morgan fingerprint density at radius 1 is 1.64 bits per heavy atom. The summed E-state index contributed by atoms with van der Waals surface area (Å²) >= 11 is 0. The van der Waals surface area contributed by atoms with Crippen LogP contribution in [0.25, 0.3) is 0 Å². The number of nitrogens with one attached hydrogen (secondary N) is 1. The average molecular weight is 200 g/mol. The van der Waals surface area contributed by atoms with Gasteiger partial charge in [0, 0.05) is 0 Å². The summed E-state index contributed by atoms with van der Waals surface area (Å²) in [4.78, 5) is 11.6. The molecule has 0 unspecified atom stereocenters. The molecule has 0 aromatic carbocycles. The van der Waals surface area contributed by atoms with E-state index < -0.39 is 6.04 Å². The van der Waals surface area contributed by atoms with Crippen LogP contribution in [-0.4, -0.2) is 29.2 Å². The van der Waals surface area contributed by atoms with Crippen LogP contribution in [-0.2, 0) is 4.79 Å². The lowest BCUT2D eigenvalue weighted by Crippen LogP contribution is -2.59. The minimum atomic E-state index is -0.427. The first-order valence-electron chi connectivity index (χ1n) is 5.32. The van der Waals surface area contributed by atoms with E-state index in [0.717, 1.165) is 25.7 Å². The number of aliphatic hydroxyl groups is 1. The van der Waals surface area contributed by atoms with E-state index in [2.05, 4.69) is 5.32 Å². The summed E-state index contributed by atoms with van der Waals surface area (Å²) in [5.41, 5.74) is 5.32. The minimum Gasteiger partial charge on any atom is -0.394 e. The van der Waals surface area contributed by atoms with Gasteiger partial charge < -0.3 is 16.2 Å². The van der Waals surface area contributed by atoms with E-state index in [1.165, 1.54) is 0 Å². The maximum atomic E-state index is 11.6. The zero-order valence-electron chi connectivity index (χ0n) is 8.75. The summed E-state index contributed by atoms with van der Waals surface area (Å²) in [5, 5.41) is 12.0. The Kier molecular flexibility index (Phi) is 3.89. The fourth-order valence-electron chi connectivity index (χ4n) is 1.72. The molecule has 14 heavy (non-hydrogen) atoms. The summed E-state index contributed by atoms with van der Waals surface area (Å²) in [7, 11) is 0. The molecule has 0 spiro atoms. The van der Waals surface area contributed by atoms with Crippen molar-refractivity contribution in [3.63, 3.8) is 0 Å². The van der Waals surface area contributed by atoms with Gasteiger partial charge in [0.25, 0.3) is 0 Å². The largest absolute Gasteiger partial charge is 0.394 e. The van der Waals surface area contributed by atoms with Crippen molar-refractivity contribution in [3.8, 4) is 0 Å². The van der Waals surface area contributed by atoms with Crippen LogP contribution in [0, 0.1) is 0 Å². The van der Waals surface area contributed by atoms with Crippen LogP contribution in [0.3, 0.4) is 0 Å². The Hall–Kier alpha value is -0.610. The first-order chi connectivity index (χ1) is 6.63. The molecule has 0 saturated heterocycles. The standard InChI is InChI=1S/C10H20N2O2/c1-2-4-8(11)9(14)12-10(7-13)5-3-6-10/h8,13H,2-7,11H2,1H3,(H,12,14)/t8-/m1/s1. The third-order valence-corrected chi connectivity index (χ3v) is 2.94. The Morgan fingerprint density at radius 3 is 2.64 bits per heavy atom. The molecule has 1 atom stereocenters. The van der Waals surface area contributed by atoms with E-state index in [0.29, 0.717) is 6.42 Å². The van der Waals surface area contributed by atoms with Crippen molar-refractivity contribution in [2.45, 2.75) is 50.6 Å². The summed E-state index contributed by atoms with van der Waals surface area (Å²) in [6.07, 6.45) is 4.42. The number of carbonyl (C=O) groups excluding carboxylic acids is 1. The van der Waals surface area contributed by atoms with Crippen molar-refractivity contribution in [1.82, 2.24) is 5.32 Å². The molecule has 4 heteroatoms. The molecular formula is C10H20N2O2. The number of nitrogens with two attached hydrogens (primary N) is 1. The van der Waals surface area contributed by atoms with Crippen molar-refractivity contribution < 1.29 is 9.90 Å². The van der Waals surface area contributed by atoms with Crippen LogP contribution in [0.1, 0.15) is 39.0 Å². The van der Waals surface area contributed by atoms with E-state index in [1.54, 1.807) is 0 Å². The van der Waals surface area contributed by atoms with Crippen LogP contribution in [0.4, 0.5) is 0 Å². The number of hydrogen-bond donors (Lipinski definition) is 3. The molecule has 4 nitrogen and oxygen atoms in total. The third kappa shape index (κ3) is 2.45. The molecule has 1 fully saturated rings. The molecule has 1 rings (SSSR count). The van der Waals surface area contributed by atoms with Gasteiger partial charge in [-0.25, -0.2) is 0 Å². The number of rotatable bonds is 5. The van der Waals surface area contributed by atoms with E-state index in [1.807, 2.05) is 6.92 Å². The highest BCUT2D eigenvalue weighted by molar-refractivity contribution is 5.82. The van der Waals surface area contributed by atoms with Crippen LogP contribution in [0.2, 0.25) is 0 Å². The number of aliphatic hydroxyl groups excluding tert-OH is 1. The first-order valence-corrected chi connectivity index (χ1v) is 5.32. The highest BCUT2D eigenvalue weighted by atomic mass is 16.3. The van der Waals surface area contributed by atoms with Crippen LogP contribution >= 0.6 is 0 Å². The number of carbonyl (C=O) groups is 1. The van der Waals surface area contributed by atoms with Crippen LogP contribution in [0.5, 0.6) is 0 Å². The van der Waals surface area contributed by atoms with Gasteiger partial charge in [0.05, 0.1) is 18.2 Å². The summed E-state index contributed by atoms with van der Waals surface area (Å²) in [6, 6.07) is -0.427. The molecule has 0 aromatic heterocycles. The third-order valence-electron chi connectivity index (χ3n) is 2.94. The highest BCUT2D eigenvalue weighted by Crippen LogP contribution is 2.31. The van der Waals surface area contributed by atoms with E-state index in [4.69, 9.17) is 10.8 Å². The van der Waals surface area contributed by atoms with Gasteiger partial charge in [-0.15, -0.1) is 0 Å². The zero-order valence-corrected chi connectivity index (χ0v) is 8.75. The van der Waals surface area contributed by atoms with Crippen molar-refractivity contribution in [3.05, 3.63) is 0 Å². The van der Waals surface area contributed by atoms with Gasteiger partial charge in [-0.05, 0) is 25.7 Å². The molecule has 1 amide bonds. The molecule has 1 aliphatic rings. The zero-order chi connectivity index (χ0) is 10.6. The Labute approximate surface area is 84.9 Å². The quantitative estimate of drug-likeness (QED) is 0.591. The van der Waals surface area contributed by atoms with Gasteiger partial charge in [0.15, 0.2) is 0 Å². The second-order valence-electron chi connectivity index (χ2n) is 4.18. The molecule has 0 bridgehead atoms. The molecule has 1 aliphatic carbocycles. The second-order valence-corrected chi connectivity index (χ2v) is 4.18. The number of hydrogen-bond acceptors (Lipinski definition) is 3. The molecule has 0 radical (unpaired) electrons. The monoisotopic (exact) mass is 200 g/mol. The van der Waals surface area contributed by atoms with E-state index >= 15 is 0 Å². The fraction of sp³-hybridized carbons (Fsp3) is 0.900. The predicted molar refractivity (Wildman–Crippen MR) is 54.7 cm³/mol. The average Bonchev–Trinajstić information content (AvgIpc) is 2.11. The molecular weight excluding hydrogens is 180 g/mol. The molecule has 1 saturated carbocycles. The van der Waals surface area contributed by atoms with Gasteiger partial charge in [0.1, 0.15) is 0 Å². The molecule has 0 aromatic rings. The van der Waals surface area contributed by atoms with Gasteiger partial charge in [-0.2, -0.15) is 0 Å². The Morgan fingerprint density at radius 2 is 2.29 bits per heavy atom. The smallest absolute Gasteiger partial charge is 0.237 e. The summed E-state index contributed by atoms with van der Waals surface area (Å²) < 4.78 is 0. The SMILES string of the molecule is CCC[C@@H](N)C(=O)NC1(CO)CCC1. The predicted octanol–water partition coefficient (Wildman–Crippen LogP) is 0.145. The number of amides is 1. The van der Waals surface area contributed by atoms with E-state index in [-0.39, 0.29) is 18.1 Å². The lowest BCUT2D eigenvalue weighted by Gasteiger charge is -2.41. The Balaban J connectivity index is 2.38. The van der Waals surface area contributed by atoms with Crippen molar-refractivity contribution in [2.75, 3.05) is 6.61 Å². The fourth-order valence-corrected chi connectivity index (χ4v) is 1.72. The summed E-state index contributed by atoms with van der Waals surface area (Å²) in [5.74, 6) is -0.124. The topological polar surface area (TPSA) is 75.4 Å². The van der Waals surface area contributed by atoms with Gasteiger partial charge in [-0.3, -0.25) is 4.79 Å². The maximum absolute atomic E-state index is 11.6. The lowest BCUT2D eigenvalue weighted by molar-refractivity contribution is -0.126. The molecule has 0 aliphatic heterocycles. The highest BCUT2D eigenvalue weighted by Gasteiger charge is 2.38. The molecule has 82 valence electrons. The van der Waals surface area contributed by atoms with Crippen LogP contribution in [0.15, 0.2) is 0 Å². The molecule has 0 heterocycles. The molecule has 4 N–H and O–H groups in total. The summed E-state index contributed by atoms with van der Waals surface area (Å²) in [6.45, 7) is 2.02. The Bertz CT molecular complexity index is 197. The second kappa shape index (κ2) is 4.75. The van der Waals surface area contributed by atoms with Crippen molar-refractivity contribution in [1.29, 1.82) is 0 Å². The van der Waals surface area contributed by atoms with Gasteiger partial charge in [0.2, 0.25) is 5.91 Å². The maximum Gasteiger partial charge on any atom is 0.237 e. The first kappa shape index (κ1) is 11.5. The van der Waals surface area contributed by atoms with Gasteiger partial charge in [-0.1, -0.05) is 13.3 Å². The normalized spacial score (nSPS) is 21.1. The minimum absolute atomic E-state index is 0.0254. The van der Waals surface area contributed by atoms with Crippen LogP contribution < -0.4 is 11.1 Å². The van der Waals surface area contributed by atoms with Crippen molar-refractivity contribution >= 4 is 5.91 Å². The lowest BCUT2D eigenvalue weighted by atomic mass is 9.77.